The van der Waals surface area contributed by atoms with Crippen LogP contribution in [0.1, 0.15) is 24.0 Å². The highest BCUT2D eigenvalue weighted by Gasteiger charge is 2.30. The number of alkyl carbamates (subject to hydrolysis) is 1. The van der Waals surface area contributed by atoms with Crippen LogP contribution in [-0.4, -0.2) is 55.5 Å². The number of carbonyl (C=O) groups is 3. The summed E-state index contributed by atoms with van der Waals surface area (Å²) in [6.07, 6.45) is -2.03. The number of benzene rings is 2. The van der Waals surface area contributed by atoms with E-state index in [1.165, 1.54) is 14.0 Å². The van der Waals surface area contributed by atoms with Crippen LogP contribution in [0.3, 0.4) is 0 Å². The van der Waals surface area contributed by atoms with Crippen molar-refractivity contribution in [2.45, 2.75) is 25.0 Å². The van der Waals surface area contributed by atoms with E-state index in [2.05, 4.69) is 15.4 Å². The summed E-state index contributed by atoms with van der Waals surface area (Å²) >= 11 is 0. The van der Waals surface area contributed by atoms with Crippen molar-refractivity contribution < 1.29 is 29.0 Å². The number of carbonyl (C=O) groups excluding carboxylic acids is 3. The number of aliphatic hydroxyl groups excluding tert-OH is 1. The SMILES string of the molecule is COC(=O)CNC(=O)C(NC(=O)OCC1c2ccccc2-c2ccccc21)C(C)O. The van der Waals surface area contributed by atoms with E-state index in [4.69, 9.17) is 4.74 Å². The van der Waals surface area contributed by atoms with Gasteiger partial charge in [0.25, 0.3) is 0 Å². The van der Waals surface area contributed by atoms with Crippen LogP contribution in [0, 0.1) is 0 Å². The highest BCUT2D eigenvalue weighted by atomic mass is 16.5. The van der Waals surface area contributed by atoms with Crippen molar-refractivity contribution in [2.24, 2.45) is 0 Å². The van der Waals surface area contributed by atoms with Crippen LogP contribution in [0.25, 0.3) is 11.1 Å². The zero-order valence-electron chi connectivity index (χ0n) is 16.8. The second kappa shape index (κ2) is 9.41. The maximum atomic E-state index is 12.3. The molecule has 0 radical (unpaired) electrons. The molecule has 0 aromatic heterocycles. The summed E-state index contributed by atoms with van der Waals surface area (Å²) < 4.78 is 9.83. The lowest BCUT2D eigenvalue weighted by Crippen LogP contribution is -2.53. The van der Waals surface area contributed by atoms with Gasteiger partial charge in [-0.15, -0.1) is 0 Å². The van der Waals surface area contributed by atoms with E-state index in [1.807, 2.05) is 48.5 Å². The third-order valence-electron chi connectivity index (χ3n) is 5.02. The van der Waals surface area contributed by atoms with Gasteiger partial charge in [-0.25, -0.2) is 4.79 Å². The van der Waals surface area contributed by atoms with Gasteiger partial charge in [-0.3, -0.25) is 9.59 Å². The Morgan fingerprint density at radius 2 is 1.60 bits per heavy atom. The van der Waals surface area contributed by atoms with Gasteiger partial charge >= 0.3 is 12.1 Å². The highest BCUT2D eigenvalue weighted by molar-refractivity contribution is 5.88. The zero-order chi connectivity index (χ0) is 21.7. The van der Waals surface area contributed by atoms with Crippen molar-refractivity contribution in [1.82, 2.24) is 10.6 Å². The van der Waals surface area contributed by atoms with Gasteiger partial charge in [0, 0.05) is 5.92 Å². The maximum absolute atomic E-state index is 12.3. The van der Waals surface area contributed by atoms with Crippen LogP contribution in [0.4, 0.5) is 4.79 Å². The predicted molar refractivity (Wildman–Crippen MR) is 109 cm³/mol. The van der Waals surface area contributed by atoms with Gasteiger partial charge in [0.1, 0.15) is 19.2 Å². The number of hydrogen-bond donors (Lipinski definition) is 3. The zero-order valence-corrected chi connectivity index (χ0v) is 16.8. The van der Waals surface area contributed by atoms with Crippen molar-refractivity contribution in [1.29, 1.82) is 0 Å². The van der Waals surface area contributed by atoms with Crippen molar-refractivity contribution in [3.63, 3.8) is 0 Å². The summed E-state index contributed by atoms with van der Waals surface area (Å²) in [4.78, 5) is 35.7. The van der Waals surface area contributed by atoms with Crippen molar-refractivity contribution in [2.75, 3.05) is 20.3 Å². The monoisotopic (exact) mass is 412 g/mol. The molecule has 1 aliphatic carbocycles. The number of amides is 2. The number of nitrogens with one attached hydrogen (secondary N) is 2. The number of hydrogen-bond acceptors (Lipinski definition) is 6. The largest absolute Gasteiger partial charge is 0.468 e. The minimum absolute atomic E-state index is 0.0795. The van der Waals surface area contributed by atoms with E-state index in [9.17, 15) is 19.5 Å². The van der Waals surface area contributed by atoms with Crippen molar-refractivity contribution >= 4 is 18.0 Å². The van der Waals surface area contributed by atoms with Crippen LogP contribution >= 0.6 is 0 Å². The molecule has 158 valence electrons. The smallest absolute Gasteiger partial charge is 0.407 e. The van der Waals surface area contributed by atoms with Gasteiger partial charge in [-0.1, -0.05) is 48.5 Å². The van der Waals surface area contributed by atoms with Gasteiger partial charge in [0.15, 0.2) is 0 Å². The van der Waals surface area contributed by atoms with E-state index in [-0.39, 0.29) is 19.1 Å². The first-order valence-corrected chi connectivity index (χ1v) is 9.56. The lowest BCUT2D eigenvalue weighted by molar-refractivity contribution is -0.141. The highest BCUT2D eigenvalue weighted by Crippen LogP contribution is 2.44. The van der Waals surface area contributed by atoms with E-state index < -0.39 is 30.1 Å². The molecule has 2 aromatic rings. The third-order valence-corrected chi connectivity index (χ3v) is 5.02. The summed E-state index contributed by atoms with van der Waals surface area (Å²) in [6.45, 7) is 1.06. The van der Waals surface area contributed by atoms with E-state index in [1.54, 1.807) is 0 Å². The Morgan fingerprint density at radius 1 is 1.03 bits per heavy atom. The average Bonchev–Trinajstić information content (AvgIpc) is 3.07. The van der Waals surface area contributed by atoms with Crippen LogP contribution in [0.2, 0.25) is 0 Å². The molecule has 0 saturated heterocycles. The normalized spacial score (nSPS) is 14.1. The predicted octanol–water partition coefficient (Wildman–Crippen LogP) is 1.56. The van der Waals surface area contributed by atoms with Crippen molar-refractivity contribution in [3.05, 3.63) is 59.7 Å². The van der Waals surface area contributed by atoms with Crippen LogP contribution < -0.4 is 10.6 Å². The number of rotatable bonds is 7. The maximum Gasteiger partial charge on any atom is 0.407 e. The third kappa shape index (κ3) is 4.60. The Morgan fingerprint density at radius 3 is 2.13 bits per heavy atom. The molecule has 0 saturated carbocycles. The number of fused-ring (bicyclic) bond motifs is 3. The molecule has 2 aromatic carbocycles. The first-order valence-electron chi connectivity index (χ1n) is 9.56. The Bertz CT molecular complexity index is 897. The van der Waals surface area contributed by atoms with E-state index >= 15 is 0 Å². The molecule has 0 fully saturated rings. The number of ether oxygens (including phenoxy) is 2. The van der Waals surface area contributed by atoms with Gasteiger partial charge in [0.2, 0.25) is 5.91 Å². The van der Waals surface area contributed by atoms with Gasteiger partial charge < -0.3 is 25.2 Å². The minimum atomic E-state index is -1.27. The molecular formula is C22H24N2O6. The first kappa shape index (κ1) is 21.3. The summed E-state index contributed by atoms with van der Waals surface area (Å²) in [5.41, 5.74) is 4.33. The van der Waals surface area contributed by atoms with Crippen LogP contribution in [0.15, 0.2) is 48.5 Å². The molecule has 3 N–H and O–H groups in total. The van der Waals surface area contributed by atoms with Crippen LogP contribution in [-0.2, 0) is 19.1 Å². The van der Waals surface area contributed by atoms with Gasteiger partial charge in [-0.05, 0) is 29.2 Å². The second-order valence-electron chi connectivity index (χ2n) is 6.98. The molecule has 0 aliphatic heterocycles. The van der Waals surface area contributed by atoms with Crippen LogP contribution in [0.5, 0.6) is 0 Å². The second-order valence-corrected chi connectivity index (χ2v) is 6.98. The van der Waals surface area contributed by atoms with Gasteiger partial charge in [-0.2, -0.15) is 0 Å². The molecule has 30 heavy (non-hydrogen) atoms. The minimum Gasteiger partial charge on any atom is -0.468 e. The molecule has 0 bridgehead atoms. The van der Waals surface area contributed by atoms with Gasteiger partial charge in [0.05, 0.1) is 13.2 Å². The summed E-state index contributed by atoms with van der Waals surface area (Å²) in [6, 6.07) is 14.6. The topological polar surface area (TPSA) is 114 Å². The molecular weight excluding hydrogens is 388 g/mol. The molecule has 2 unspecified atom stereocenters. The summed E-state index contributed by atoms with van der Waals surface area (Å²) in [5.74, 6) is -1.49. The molecule has 0 heterocycles. The van der Waals surface area contributed by atoms with E-state index in [0.29, 0.717) is 0 Å². The molecule has 8 nitrogen and oxygen atoms in total. The summed E-state index contributed by atoms with van der Waals surface area (Å²) in [5, 5.41) is 14.5. The lowest BCUT2D eigenvalue weighted by atomic mass is 9.98. The molecule has 0 spiro atoms. The lowest BCUT2D eigenvalue weighted by Gasteiger charge is -2.21. The Labute approximate surface area is 174 Å². The molecule has 2 amide bonds. The fourth-order valence-electron chi connectivity index (χ4n) is 3.51. The van der Waals surface area contributed by atoms with Crippen molar-refractivity contribution in [3.8, 4) is 11.1 Å². The molecule has 3 rings (SSSR count). The standard InChI is InChI=1S/C22H24N2O6/c1-13(25)20(21(27)23-11-19(26)29-2)24-22(28)30-12-18-16-9-5-3-7-14(16)15-8-4-6-10-17(15)18/h3-10,13,18,20,25H,11-12H2,1-2H3,(H,23,27)(H,24,28). The number of esters is 1. The quantitative estimate of drug-likeness (QED) is 0.595. The van der Waals surface area contributed by atoms with E-state index in [0.717, 1.165) is 22.3 Å². The summed E-state index contributed by atoms with van der Waals surface area (Å²) in [7, 11) is 1.19. The molecule has 8 heteroatoms. The first-order chi connectivity index (χ1) is 14.4. The Hall–Kier alpha value is -3.39. The molecule has 1 aliphatic rings. The molecule has 2 atom stereocenters. The number of methoxy groups -OCH3 is 1. The number of aliphatic hydroxyl groups is 1. The Balaban J connectivity index is 1.63. The average molecular weight is 412 g/mol. The Kier molecular flexibility index (Phi) is 6.68. The fourth-order valence-corrected chi connectivity index (χ4v) is 3.51. The fraction of sp³-hybridized carbons (Fsp3) is 0.318.